The Bertz CT molecular complexity index is 1210. The van der Waals surface area contributed by atoms with Gasteiger partial charge in [-0.1, -0.05) is 28.9 Å². The van der Waals surface area contributed by atoms with Gasteiger partial charge in [0.25, 0.3) is 5.56 Å². The van der Waals surface area contributed by atoms with E-state index < -0.39 is 5.56 Å². The third-order valence-electron chi connectivity index (χ3n) is 4.35. The van der Waals surface area contributed by atoms with E-state index in [4.69, 9.17) is 20.9 Å². The Balaban J connectivity index is 1.95. The lowest BCUT2D eigenvalue weighted by Gasteiger charge is -2.10. The molecule has 0 saturated heterocycles. The molecule has 0 aliphatic heterocycles. The van der Waals surface area contributed by atoms with E-state index in [1.54, 1.807) is 32.2 Å². The van der Waals surface area contributed by atoms with Gasteiger partial charge in [0.05, 0.1) is 23.3 Å². The smallest absolute Gasteiger partial charge is 0.263 e. The van der Waals surface area contributed by atoms with E-state index >= 15 is 0 Å². The van der Waals surface area contributed by atoms with Gasteiger partial charge < -0.3 is 19.4 Å². The summed E-state index contributed by atoms with van der Waals surface area (Å²) in [6.45, 7) is 1.74. The molecule has 0 radical (unpaired) electrons. The first-order chi connectivity index (χ1) is 13.0. The number of hydrogen-bond donors (Lipinski definition) is 2. The highest BCUT2D eigenvalue weighted by Gasteiger charge is 2.19. The maximum atomic E-state index is 12.4. The number of ether oxygens (including phenoxy) is 1. The Kier molecular flexibility index (Phi) is 4.12. The Morgan fingerprint density at radius 3 is 2.56 bits per heavy atom. The standard InChI is InChI=1S/C20H15ClN2O4/c1-10-7-17(27-23-10)18-19(24)14-8-13(11-3-5-12(26-2)6-4-11)15(21)9-16(14)22-20(18)25/h3-9H,1-2H3,(H2,22,24,25). The van der Waals surface area contributed by atoms with Gasteiger partial charge in [-0.25, -0.2) is 0 Å². The molecular formula is C20H15ClN2O4. The Morgan fingerprint density at radius 2 is 1.93 bits per heavy atom. The largest absolute Gasteiger partial charge is 0.506 e. The molecule has 2 N–H and O–H groups in total. The fourth-order valence-corrected chi connectivity index (χ4v) is 3.27. The van der Waals surface area contributed by atoms with Crippen LogP contribution in [0.15, 0.2) is 51.8 Å². The molecule has 0 spiro atoms. The summed E-state index contributed by atoms with van der Waals surface area (Å²) >= 11 is 6.41. The number of H-pyrrole nitrogens is 1. The topological polar surface area (TPSA) is 88.3 Å². The number of methoxy groups -OCH3 is 1. The number of fused-ring (bicyclic) bond motifs is 1. The summed E-state index contributed by atoms with van der Waals surface area (Å²) in [7, 11) is 1.60. The second-order valence-corrected chi connectivity index (χ2v) is 6.52. The number of nitrogens with zero attached hydrogens (tertiary/aromatic N) is 1. The van der Waals surface area contributed by atoms with E-state index in [0.29, 0.717) is 27.2 Å². The van der Waals surface area contributed by atoms with Crippen molar-refractivity contribution in [1.82, 2.24) is 10.1 Å². The number of aromatic amines is 1. The Labute approximate surface area is 159 Å². The quantitative estimate of drug-likeness (QED) is 0.543. The van der Waals surface area contributed by atoms with Crippen LogP contribution in [-0.4, -0.2) is 22.4 Å². The van der Waals surface area contributed by atoms with Gasteiger partial charge in [0.15, 0.2) is 5.76 Å². The van der Waals surface area contributed by atoms with Crippen molar-refractivity contribution in [1.29, 1.82) is 0 Å². The second kappa shape index (κ2) is 6.48. The zero-order chi connectivity index (χ0) is 19.1. The molecule has 0 aliphatic carbocycles. The minimum Gasteiger partial charge on any atom is -0.506 e. The molecule has 6 nitrogen and oxygen atoms in total. The van der Waals surface area contributed by atoms with Gasteiger partial charge in [-0.05, 0) is 36.8 Å². The van der Waals surface area contributed by atoms with Gasteiger partial charge in [-0.2, -0.15) is 0 Å². The van der Waals surface area contributed by atoms with E-state index in [9.17, 15) is 9.90 Å². The summed E-state index contributed by atoms with van der Waals surface area (Å²) < 4.78 is 10.3. The predicted molar refractivity (Wildman–Crippen MR) is 103 cm³/mol. The maximum absolute atomic E-state index is 12.4. The summed E-state index contributed by atoms with van der Waals surface area (Å²) in [4.78, 5) is 15.2. The third kappa shape index (κ3) is 2.94. The minimum atomic E-state index is -0.482. The van der Waals surface area contributed by atoms with Gasteiger partial charge in [0.1, 0.15) is 17.1 Å². The molecule has 136 valence electrons. The molecule has 27 heavy (non-hydrogen) atoms. The van der Waals surface area contributed by atoms with Crippen molar-refractivity contribution in [2.75, 3.05) is 7.11 Å². The summed E-state index contributed by atoms with van der Waals surface area (Å²) in [5.41, 5.74) is 2.16. The van der Waals surface area contributed by atoms with E-state index in [-0.39, 0.29) is 17.1 Å². The van der Waals surface area contributed by atoms with Crippen LogP contribution in [0, 0.1) is 6.92 Å². The molecule has 0 amide bonds. The molecule has 2 aromatic heterocycles. The van der Waals surface area contributed by atoms with Crippen molar-refractivity contribution < 1.29 is 14.4 Å². The van der Waals surface area contributed by atoms with Crippen LogP contribution in [0.1, 0.15) is 5.69 Å². The van der Waals surface area contributed by atoms with Gasteiger partial charge in [0.2, 0.25) is 0 Å². The maximum Gasteiger partial charge on any atom is 0.263 e. The number of aromatic hydroxyl groups is 1. The highest BCUT2D eigenvalue weighted by Crippen LogP contribution is 2.38. The zero-order valence-corrected chi connectivity index (χ0v) is 15.3. The lowest BCUT2D eigenvalue weighted by Crippen LogP contribution is -2.09. The first kappa shape index (κ1) is 17.2. The SMILES string of the molecule is COc1ccc(-c2cc3c(O)c(-c4cc(C)no4)c(=O)[nH]c3cc2Cl)cc1. The van der Waals surface area contributed by atoms with Gasteiger partial charge in [-0.3, -0.25) is 4.79 Å². The van der Waals surface area contributed by atoms with E-state index in [2.05, 4.69) is 10.1 Å². The summed E-state index contributed by atoms with van der Waals surface area (Å²) in [6.07, 6.45) is 0. The van der Waals surface area contributed by atoms with Crippen LogP contribution in [0.5, 0.6) is 11.5 Å². The molecule has 0 fully saturated rings. The van der Waals surface area contributed by atoms with Crippen LogP contribution in [0.3, 0.4) is 0 Å². The first-order valence-corrected chi connectivity index (χ1v) is 8.52. The number of aromatic nitrogens is 2. The molecule has 0 unspecified atom stereocenters. The summed E-state index contributed by atoms with van der Waals surface area (Å²) in [6, 6.07) is 12.3. The van der Waals surface area contributed by atoms with Crippen LogP contribution in [0.4, 0.5) is 0 Å². The lowest BCUT2D eigenvalue weighted by atomic mass is 10.0. The molecule has 0 atom stereocenters. The lowest BCUT2D eigenvalue weighted by molar-refractivity contribution is 0.415. The normalized spacial score (nSPS) is 11.1. The number of pyridine rings is 1. The zero-order valence-electron chi connectivity index (χ0n) is 14.5. The minimum absolute atomic E-state index is 0.0334. The Hall–Kier alpha value is -3.25. The van der Waals surface area contributed by atoms with Crippen molar-refractivity contribution in [2.45, 2.75) is 6.92 Å². The number of rotatable bonds is 3. The first-order valence-electron chi connectivity index (χ1n) is 8.14. The fraction of sp³-hybridized carbons (Fsp3) is 0.100. The summed E-state index contributed by atoms with van der Waals surface area (Å²) in [5, 5.41) is 15.4. The predicted octanol–water partition coefficient (Wildman–Crippen LogP) is 4.53. The van der Waals surface area contributed by atoms with Crippen LogP contribution in [0.2, 0.25) is 5.02 Å². The van der Waals surface area contributed by atoms with Crippen molar-refractivity contribution >= 4 is 22.5 Å². The molecule has 0 saturated carbocycles. The van der Waals surface area contributed by atoms with Gasteiger partial charge in [0, 0.05) is 17.0 Å². The van der Waals surface area contributed by atoms with Crippen LogP contribution in [0.25, 0.3) is 33.4 Å². The molecule has 2 heterocycles. The van der Waals surface area contributed by atoms with Crippen LogP contribution in [-0.2, 0) is 0 Å². The monoisotopic (exact) mass is 382 g/mol. The number of benzene rings is 2. The van der Waals surface area contributed by atoms with Crippen molar-refractivity contribution in [2.24, 2.45) is 0 Å². The Morgan fingerprint density at radius 1 is 1.19 bits per heavy atom. The summed E-state index contributed by atoms with van der Waals surface area (Å²) in [5.74, 6) is 0.747. The highest BCUT2D eigenvalue weighted by atomic mass is 35.5. The third-order valence-corrected chi connectivity index (χ3v) is 4.66. The molecule has 4 rings (SSSR count). The van der Waals surface area contributed by atoms with Crippen molar-refractivity contribution in [3.8, 4) is 33.9 Å². The molecule has 0 bridgehead atoms. The number of aryl methyl sites for hydroxylation is 1. The van der Waals surface area contributed by atoms with Crippen LogP contribution >= 0.6 is 11.6 Å². The average molecular weight is 383 g/mol. The van der Waals surface area contributed by atoms with E-state index in [1.165, 1.54) is 0 Å². The molecule has 7 heteroatoms. The number of halogens is 1. The molecule has 4 aromatic rings. The van der Waals surface area contributed by atoms with Gasteiger partial charge >= 0.3 is 0 Å². The van der Waals surface area contributed by atoms with Crippen molar-refractivity contribution in [3.63, 3.8) is 0 Å². The second-order valence-electron chi connectivity index (χ2n) is 6.12. The highest BCUT2D eigenvalue weighted by molar-refractivity contribution is 6.34. The average Bonchev–Trinajstić information content (AvgIpc) is 3.07. The number of hydrogen-bond acceptors (Lipinski definition) is 5. The molecular weight excluding hydrogens is 368 g/mol. The molecule has 0 aliphatic rings. The fourth-order valence-electron chi connectivity index (χ4n) is 3.00. The number of nitrogens with one attached hydrogen (secondary N) is 1. The van der Waals surface area contributed by atoms with Gasteiger partial charge in [-0.15, -0.1) is 0 Å². The van der Waals surface area contributed by atoms with E-state index in [0.717, 1.165) is 11.3 Å². The van der Waals surface area contributed by atoms with Crippen LogP contribution < -0.4 is 10.3 Å². The van der Waals surface area contributed by atoms with Crippen molar-refractivity contribution in [3.05, 3.63) is 63.5 Å². The molecule has 2 aromatic carbocycles. The van der Waals surface area contributed by atoms with E-state index in [1.807, 2.05) is 24.3 Å².